The van der Waals surface area contributed by atoms with Crippen LogP contribution in [0.2, 0.25) is 0 Å². The number of rotatable bonds is 7. The van der Waals surface area contributed by atoms with Crippen LogP contribution in [0.5, 0.6) is 0 Å². The molecule has 0 bridgehead atoms. The van der Waals surface area contributed by atoms with Crippen molar-refractivity contribution in [2.24, 2.45) is 0 Å². The molecule has 0 saturated heterocycles. The Morgan fingerprint density at radius 3 is 2.24 bits per heavy atom. The third-order valence-electron chi connectivity index (χ3n) is 3.30. The summed E-state index contributed by atoms with van der Waals surface area (Å²) in [5.41, 5.74) is 0.316. The SMILES string of the molecule is C[C@H](NC(=O)[C@H](CCc1ccccc1)NC(=O)OC(C)(C)C)C(=O)O. The molecule has 3 N–H and O–H groups in total. The average molecular weight is 350 g/mol. The van der Waals surface area contributed by atoms with Crippen molar-refractivity contribution in [3.63, 3.8) is 0 Å². The van der Waals surface area contributed by atoms with Crippen molar-refractivity contribution in [1.29, 1.82) is 0 Å². The second kappa shape index (κ2) is 9.05. The van der Waals surface area contributed by atoms with E-state index in [4.69, 9.17) is 9.84 Å². The van der Waals surface area contributed by atoms with Crippen LogP contribution in [0.25, 0.3) is 0 Å². The van der Waals surface area contributed by atoms with Gasteiger partial charge < -0.3 is 20.5 Å². The molecule has 0 unspecified atom stereocenters. The Bertz CT molecular complexity index is 595. The topological polar surface area (TPSA) is 105 Å². The molecule has 0 aliphatic heterocycles. The number of carbonyl (C=O) groups is 3. The van der Waals surface area contributed by atoms with Crippen molar-refractivity contribution in [1.82, 2.24) is 10.6 Å². The molecule has 25 heavy (non-hydrogen) atoms. The van der Waals surface area contributed by atoms with Crippen molar-refractivity contribution >= 4 is 18.0 Å². The van der Waals surface area contributed by atoms with Crippen molar-refractivity contribution in [3.8, 4) is 0 Å². The number of aryl methyl sites for hydroxylation is 1. The van der Waals surface area contributed by atoms with E-state index in [1.807, 2.05) is 30.3 Å². The van der Waals surface area contributed by atoms with Gasteiger partial charge in [0.05, 0.1) is 0 Å². The Hall–Kier alpha value is -2.57. The number of amides is 2. The van der Waals surface area contributed by atoms with Crippen molar-refractivity contribution in [2.75, 3.05) is 0 Å². The molecule has 0 fully saturated rings. The molecule has 7 nitrogen and oxygen atoms in total. The summed E-state index contributed by atoms with van der Waals surface area (Å²) < 4.78 is 5.18. The molecule has 0 heterocycles. The number of carboxylic acids is 1. The van der Waals surface area contributed by atoms with Crippen LogP contribution in [0.4, 0.5) is 4.79 Å². The highest BCUT2D eigenvalue weighted by Gasteiger charge is 2.26. The highest BCUT2D eigenvalue weighted by atomic mass is 16.6. The van der Waals surface area contributed by atoms with Gasteiger partial charge in [-0.2, -0.15) is 0 Å². The molecule has 0 aromatic heterocycles. The van der Waals surface area contributed by atoms with E-state index in [1.54, 1.807) is 20.8 Å². The Morgan fingerprint density at radius 2 is 1.72 bits per heavy atom. The molecule has 2 atom stereocenters. The summed E-state index contributed by atoms with van der Waals surface area (Å²) in [4.78, 5) is 35.2. The number of carbonyl (C=O) groups excluding carboxylic acids is 2. The molecule has 1 aromatic rings. The van der Waals surface area contributed by atoms with E-state index in [0.717, 1.165) is 5.56 Å². The zero-order valence-corrected chi connectivity index (χ0v) is 15.0. The molecule has 0 aliphatic carbocycles. The Morgan fingerprint density at radius 1 is 1.12 bits per heavy atom. The second-order valence-electron chi connectivity index (χ2n) is 6.79. The van der Waals surface area contributed by atoms with Crippen molar-refractivity contribution < 1.29 is 24.2 Å². The third kappa shape index (κ3) is 8.19. The van der Waals surface area contributed by atoms with Gasteiger partial charge in [0.2, 0.25) is 5.91 Å². The van der Waals surface area contributed by atoms with E-state index >= 15 is 0 Å². The lowest BCUT2D eigenvalue weighted by Crippen LogP contribution is -2.51. The van der Waals surface area contributed by atoms with E-state index in [-0.39, 0.29) is 0 Å². The number of hydrogen-bond acceptors (Lipinski definition) is 4. The summed E-state index contributed by atoms with van der Waals surface area (Å²) >= 11 is 0. The molecule has 0 spiro atoms. The molecule has 0 radical (unpaired) electrons. The summed E-state index contributed by atoms with van der Waals surface area (Å²) in [6, 6.07) is 7.56. The van der Waals surface area contributed by atoms with Gasteiger partial charge in [0, 0.05) is 0 Å². The monoisotopic (exact) mass is 350 g/mol. The van der Waals surface area contributed by atoms with Crippen molar-refractivity contribution in [3.05, 3.63) is 35.9 Å². The van der Waals surface area contributed by atoms with Gasteiger partial charge in [0.15, 0.2) is 0 Å². The normalized spacial score (nSPS) is 13.4. The van der Waals surface area contributed by atoms with Crippen molar-refractivity contribution in [2.45, 2.75) is 58.2 Å². The molecule has 138 valence electrons. The largest absolute Gasteiger partial charge is 0.480 e. The predicted molar refractivity (Wildman–Crippen MR) is 93.2 cm³/mol. The number of nitrogens with one attached hydrogen (secondary N) is 2. The van der Waals surface area contributed by atoms with Crippen LogP contribution in [0.15, 0.2) is 30.3 Å². The standard InChI is InChI=1S/C18H26N2O5/c1-12(16(22)23)19-15(21)14(20-17(24)25-18(2,3)4)11-10-13-8-6-5-7-9-13/h5-9,12,14H,10-11H2,1-4H3,(H,19,21)(H,20,24)(H,22,23)/t12-,14-/m0/s1. The lowest BCUT2D eigenvalue weighted by molar-refractivity contribution is -0.141. The number of ether oxygens (including phenoxy) is 1. The van der Waals surface area contributed by atoms with E-state index in [0.29, 0.717) is 12.8 Å². The quantitative estimate of drug-likeness (QED) is 0.698. The van der Waals surface area contributed by atoms with E-state index < -0.39 is 35.7 Å². The summed E-state index contributed by atoms with van der Waals surface area (Å²) in [7, 11) is 0. The summed E-state index contributed by atoms with van der Waals surface area (Å²) in [6.07, 6.45) is 0.154. The molecule has 1 aromatic carbocycles. The van der Waals surface area contributed by atoms with Crippen LogP contribution in [0.3, 0.4) is 0 Å². The van der Waals surface area contributed by atoms with Gasteiger partial charge in [-0.1, -0.05) is 30.3 Å². The molecule has 0 aliphatic rings. The maximum Gasteiger partial charge on any atom is 0.408 e. The van der Waals surface area contributed by atoms with Gasteiger partial charge in [0.25, 0.3) is 0 Å². The third-order valence-corrected chi connectivity index (χ3v) is 3.30. The fourth-order valence-electron chi connectivity index (χ4n) is 2.05. The Labute approximate surface area is 147 Å². The molecule has 7 heteroatoms. The summed E-state index contributed by atoms with van der Waals surface area (Å²) in [6.45, 7) is 6.52. The second-order valence-corrected chi connectivity index (χ2v) is 6.79. The first-order valence-corrected chi connectivity index (χ1v) is 8.15. The minimum atomic E-state index is -1.15. The lowest BCUT2D eigenvalue weighted by atomic mass is 10.0. The average Bonchev–Trinajstić information content (AvgIpc) is 2.50. The first kappa shape index (κ1) is 20.5. The first-order valence-electron chi connectivity index (χ1n) is 8.15. The fraction of sp³-hybridized carbons (Fsp3) is 0.500. The lowest BCUT2D eigenvalue weighted by Gasteiger charge is -2.24. The predicted octanol–water partition coefficient (Wildman–Crippen LogP) is 2.10. The molecule has 2 amide bonds. The van der Waals surface area contributed by atoms with Crippen LogP contribution in [0.1, 0.15) is 39.7 Å². The van der Waals surface area contributed by atoms with Crippen LogP contribution in [-0.2, 0) is 20.7 Å². The molecule has 0 saturated carbocycles. The van der Waals surface area contributed by atoms with Gasteiger partial charge in [-0.15, -0.1) is 0 Å². The molecule has 1 rings (SSSR count). The van der Waals surface area contributed by atoms with Gasteiger partial charge >= 0.3 is 12.1 Å². The number of benzene rings is 1. The van der Waals surface area contributed by atoms with Crippen LogP contribution < -0.4 is 10.6 Å². The molecular weight excluding hydrogens is 324 g/mol. The zero-order valence-electron chi connectivity index (χ0n) is 15.0. The van der Waals surface area contributed by atoms with Crippen LogP contribution in [0, 0.1) is 0 Å². The van der Waals surface area contributed by atoms with E-state index in [1.165, 1.54) is 6.92 Å². The Balaban J connectivity index is 2.76. The molecular formula is C18H26N2O5. The van der Waals surface area contributed by atoms with Gasteiger partial charge in [-0.3, -0.25) is 9.59 Å². The Kier molecular flexibility index (Phi) is 7.42. The minimum Gasteiger partial charge on any atom is -0.480 e. The maximum atomic E-state index is 12.3. The maximum absolute atomic E-state index is 12.3. The first-order chi connectivity index (χ1) is 11.6. The van der Waals surface area contributed by atoms with Gasteiger partial charge in [0.1, 0.15) is 17.7 Å². The number of carboxylic acid groups (broad SMARTS) is 1. The summed E-state index contributed by atoms with van der Waals surface area (Å²) in [5.74, 6) is -1.70. The summed E-state index contributed by atoms with van der Waals surface area (Å²) in [5, 5.41) is 13.8. The van der Waals surface area contributed by atoms with Gasteiger partial charge in [-0.25, -0.2) is 4.79 Å². The van der Waals surface area contributed by atoms with Crippen LogP contribution in [-0.4, -0.2) is 40.8 Å². The highest BCUT2D eigenvalue weighted by Crippen LogP contribution is 2.09. The number of aliphatic carboxylic acids is 1. The highest BCUT2D eigenvalue weighted by molar-refractivity contribution is 5.89. The smallest absolute Gasteiger partial charge is 0.408 e. The zero-order chi connectivity index (χ0) is 19.0. The van der Waals surface area contributed by atoms with E-state index in [9.17, 15) is 14.4 Å². The van der Waals surface area contributed by atoms with Crippen LogP contribution >= 0.6 is 0 Å². The van der Waals surface area contributed by atoms with E-state index in [2.05, 4.69) is 10.6 Å². The fourth-order valence-corrected chi connectivity index (χ4v) is 2.05. The number of alkyl carbamates (subject to hydrolysis) is 1. The number of hydrogen-bond donors (Lipinski definition) is 3. The van der Waals surface area contributed by atoms with Gasteiger partial charge in [-0.05, 0) is 46.1 Å². The minimum absolute atomic E-state index is 0.321.